The van der Waals surface area contributed by atoms with Gasteiger partial charge in [0.1, 0.15) is 12.3 Å². The molecule has 0 aromatic rings. The Morgan fingerprint density at radius 1 is 1.58 bits per heavy atom. The Bertz CT molecular complexity index is 180. The number of aliphatic carboxylic acids is 1. The summed E-state index contributed by atoms with van der Waals surface area (Å²) in [5.41, 5.74) is 4.78. The largest absolute Gasteiger partial charge is 0.480 e. The molecule has 0 rings (SSSR count). The summed E-state index contributed by atoms with van der Waals surface area (Å²) in [6.07, 6.45) is -1.31. The molecule has 0 aliphatic carbocycles. The van der Waals surface area contributed by atoms with Crippen molar-refractivity contribution in [3.63, 3.8) is 0 Å². The zero-order valence-corrected chi connectivity index (χ0v) is 6.65. The first-order valence-electron chi connectivity index (χ1n) is 3.38. The van der Waals surface area contributed by atoms with Crippen molar-refractivity contribution < 1.29 is 19.8 Å². The highest BCUT2D eigenvalue weighted by Crippen LogP contribution is 1.92. The maximum absolute atomic E-state index is 10.4. The van der Waals surface area contributed by atoms with Crippen LogP contribution >= 0.6 is 0 Å². The van der Waals surface area contributed by atoms with Gasteiger partial charge in [0.05, 0.1) is 6.42 Å². The second-order valence-corrected chi connectivity index (χ2v) is 2.40. The fourth-order valence-corrected chi connectivity index (χ4v) is 0.710. The summed E-state index contributed by atoms with van der Waals surface area (Å²) in [4.78, 5) is 20.7. The summed E-state index contributed by atoms with van der Waals surface area (Å²) in [6.45, 7) is 1.36. The van der Waals surface area contributed by atoms with E-state index in [-0.39, 0.29) is 6.42 Å². The predicted octanol–water partition coefficient (Wildman–Crippen LogP) is -1.76. The average molecular weight is 176 g/mol. The summed E-state index contributed by atoms with van der Waals surface area (Å²) in [5.74, 6) is -1.94. The van der Waals surface area contributed by atoms with Crippen molar-refractivity contribution in [3.8, 4) is 0 Å². The van der Waals surface area contributed by atoms with E-state index in [1.54, 1.807) is 0 Å². The van der Waals surface area contributed by atoms with E-state index in [2.05, 4.69) is 5.32 Å². The van der Waals surface area contributed by atoms with Crippen LogP contribution in [0.15, 0.2) is 0 Å². The number of aliphatic hydroxyl groups excluding tert-OH is 1. The zero-order valence-electron chi connectivity index (χ0n) is 6.65. The molecule has 0 saturated heterocycles. The molecule has 0 aliphatic rings. The van der Waals surface area contributed by atoms with Gasteiger partial charge < -0.3 is 15.9 Å². The van der Waals surface area contributed by atoms with Gasteiger partial charge in [0, 0.05) is 0 Å². The van der Waals surface area contributed by atoms with Gasteiger partial charge in [-0.2, -0.15) is 0 Å². The van der Waals surface area contributed by atoms with Crippen LogP contribution in [0, 0.1) is 0 Å². The number of carboxylic acid groups (broad SMARTS) is 1. The number of hydrogen-bond donors (Lipinski definition) is 4. The van der Waals surface area contributed by atoms with Crippen LogP contribution in [0.25, 0.3) is 0 Å². The lowest BCUT2D eigenvalue weighted by molar-refractivity contribution is -0.142. The van der Waals surface area contributed by atoms with Crippen LogP contribution in [-0.2, 0) is 9.59 Å². The number of primary amides is 1. The van der Waals surface area contributed by atoms with Crippen LogP contribution in [0.2, 0.25) is 0 Å². The normalized spacial score (nSPS) is 15.2. The Balaban J connectivity index is 4.04. The van der Waals surface area contributed by atoms with E-state index in [4.69, 9.17) is 15.9 Å². The van der Waals surface area contributed by atoms with Crippen molar-refractivity contribution in [3.05, 3.63) is 0 Å². The Morgan fingerprint density at radius 3 is 2.33 bits per heavy atom. The van der Waals surface area contributed by atoms with Crippen molar-refractivity contribution in [2.24, 2.45) is 5.73 Å². The molecule has 0 bridgehead atoms. The van der Waals surface area contributed by atoms with Crippen LogP contribution < -0.4 is 11.1 Å². The minimum absolute atomic E-state index is 0.333. The topological polar surface area (TPSA) is 113 Å². The monoisotopic (exact) mass is 176 g/mol. The van der Waals surface area contributed by atoms with Gasteiger partial charge in [-0.1, -0.05) is 0 Å². The number of carboxylic acids is 1. The van der Waals surface area contributed by atoms with Crippen molar-refractivity contribution in [1.29, 1.82) is 0 Å². The lowest BCUT2D eigenvalue weighted by atomic mass is 10.2. The first-order valence-corrected chi connectivity index (χ1v) is 3.38. The molecule has 0 heterocycles. The Labute approximate surface area is 69.4 Å². The van der Waals surface area contributed by atoms with Gasteiger partial charge in [-0.05, 0) is 6.92 Å². The highest BCUT2D eigenvalue weighted by molar-refractivity contribution is 5.83. The van der Waals surface area contributed by atoms with E-state index in [1.165, 1.54) is 6.92 Å². The van der Waals surface area contributed by atoms with E-state index >= 15 is 0 Å². The summed E-state index contributed by atoms with van der Waals surface area (Å²) >= 11 is 0. The third-order valence-corrected chi connectivity index (χ3v) is 1.15. The number of nitrogens with one attached hydrogen (secondary N) is 1. The molecule has 0 aromatic heterocycles. The van der Waals surface area contributed by atoms with Gasteiger partial charge in [0.2, 0.25) is 5.91 Å². The molecule has 6 heteroatoms. The second kappa shape index (κ2) is 4.68. The molecule has 1 unspecified atom stereocenters. The fraction of sp³-hybridized carbons (Fsp3) is 0.667. The van der Waals surface area contributed by atoms with E-state index in [1.807, 2.05) is 0 Å². The summed E-state index contributed by atoms with van der Waals surface area (Å²) in [5, 5.41) is 19.5. The minimum Gasteiger partial charge on any atom is -0.480 e. The lowest BCUT2D eigenvalue weighted by Gasteiger charge is -2.14. The number of nitrogens with two attached hydrogens (primary N) is 1. The fourth-order valence-electron chi connectivity index (χ4n) is 0.710. The molecule has 70 valence electrons. The Morgan fingerprint density at radius 2 is 2.08 bits per heavy atom. The first kappa shape index (κ1) is 10.9. The lowest BCUT2D eigenvalue weighted by Crippen LogP contribution is -2.44. The number of carbonyl (C=O) groups is 2. The van der Waals surface area contributed by atoms with Crippen LogP contribution in [0.4, 0.5) is 0 Å². The Hall–Kier alpha value is -1.14. The maximum atomic E-state index is 10.4. The van der Waals surface area contributed by atoms with Crippen LogP contribution in [-0.4, -0.2) is 34.4 Å². The second-order valence-electron chi connectivity index (χ2n) is 2.40. The molecular formula is C6H12N2O4. The SMILES string of the molecule is CC(O)N[C@@H](CC(N)=O)C(=O)O. The van der Waals surface area contributed by atoms with Gasteiger partial charge in [-0.15, -0.1) is 0 Å². The standard InChI is InChI=1S/C6H12N2O4/c1-3(9)8-4(6(11)12)2-5(7)10/h3-4,8-9H,2H2,1H3,(H2,7,10)(H,11,12)/t3?,4-/m0/s1. The molecule has 6 nitrogen and oxygen atoms in total. The van der Waals surface area contributed by atoms with Crippen LogP contribution in [0.1, 0.15) is 13.3 Å². The molecule has 0 radical (unpaired) electrons. The molecule has 1 amide bonds. The smallest absolute Gasteiger partial charge is 0.321 e. The number of amides is 1. The maximum Gasteiger partial charge on any atom is 0.321 e. The number of rotatable bonds is 5. The zero-order chi connectivity index (χ0) is 9.72. The first-order chi connectivity index (χ1) is 5.43. The Kier molecular flexibility index (Phi) is 4.24. The summed E-state index contributed by atoms with van der Waals surface area (Å²) < 4.78 is 0. The third-order valence-electron chi connectivity index (χ3n) is 1.15. The molecular weight excluding hydrogens is 164 g/mol. The van der Waals surface area contributed by atoms with E-state index in [0.717, 1.165) is 0 Å². The van der Waals surface area contributed by atoms with Crippen molar-refractivity contribution in [2.45, 2.75) is 25.6 Å². The van der Waals surface area contributed by atoms with E-state index in [9.17, 15) is 9.59 Å². The number of carbonyl (C=O) groups excluding carboxylic acids is 1. The van der Waals surface area contributed by atoms with Crippen molar-refractivity contribution in [2.75, 3.05) is 0 Å². The van der Waals surface area contributed by atoms with Crippen molar-refractivity contribution >= 4 is 11.9 Å². The highest BCUT2D eigenvalue weighted by atomic mass is 16.4. The number of aliphatic hydroxyl groups is 1. The predicted molar refractivity (Wildman–Crippen MR) is 40.1 cm³/mol. The molecule has 0 fully saturated rings. The molecule has 12 heavy (non-hydrogen) atoms. The molecule has 5 N–H and O–H groups in total. The average Bonchev–Trinajstić information content (AvgIpc) is 1.83. The van der Waals surface area contributed by atoms with Gasteiger partial charge >= 0.3 is 5.97 Å². The quantitative estimate of drug-likeness (QED) is 0.371. The van der Waals surface area contributed by atoms with Gasteiger partial charge in [0.15, 0.2) is 0 Å². The molecule has 0 aliphatic heterocycles. The molecule has 0 spiro atoms. The molecule has 0 saturated carbocycles. The van der Waals surface area contributed by atoms with Crippen molar-refractivity contribution in [1.82, 2.24) is 5.32 Å². The minimum atomic E-state index is -1.21. The third kappa shape index (κ3) is 4.64. The highest BCUT2D eigenvalue weighted by Gasteiger charge is 2.20. The van der Waals surface area contributed by atoms with Gasteiger partial charge in [-0.25, -0.2) is 0 Å². The summed E-state index contributed by atoms with van der Waals surface area (Å²) in [7, 11) is 0. The van der Waals surface area contributed by atoms with Crippen LogP contribution in [0.3, 0.4) is 0 Å². The van der Waals surface area contributed by atoms with Crippen LogP contribution in [0.5, 0.6) is 0 Å². The van der Waals surface area contributed by atoms with E-state index in [0.29, 0.717) is 0 Å². The molecule has 0 aromatic carbocycles. The number of hydrogen-bond acceptors (Lipinski definition) is 4. The summed E-state index contributed by atoms with van der Waals surface area (Å²) in [6, 6.07) is -1.12. The van der Waals surface area contributed by atoms with Gasteiger partial charge in [0.25, 0.3) is 0 Å². The molecule has 2 atom stereocenters. The van der Waals surface area contributed by atoms with Gasteiger partial charge in [-0.3, -0.25) is 14.9 Å². The van der Waals surface area contributed by atoms with E-state index < -0.39 is 24.1 Å².